The van der Waals surface area contributed by atoms with E-state index in [1.807, 2.05) is 0 Å². The van der Waals surface area contributed by atoms with Crippen molar-refractivity contribution in [1.29, 1.82) is 0 Å². The first-order valence-corrected chi connectivity index (χ1v) is 9.00. The second-order valence-corrected chi connectivity index (χ2v) is 7.96. The van der Waals surface area contributed by atoms with E-state index in [0.717, 1.165) is 5.46 Å². The Morgan fingerprint density at radius 1 is 1.00 bits per heavy atom. The van der Waals surface area contributed by atoms with Crippen LogP contribution in [0.4, 0.5) is 0 Å². The fraction of sp³-hybridized carbons (Fsp3) is 0.684. The maximum atomic E-state index is 6.14. The molecule has 0 atom stereocenters. The van der Waals surface area contributed by atoms with E-state index in [9.17, 15) is 0 Å². The van der Waals surface area contributed by atoms with Gasteiger partial charge in [0.1, 0.15) is 0 Å². The summed E-state index contributed by atoms with van der Waals surface area (Å²) in [7, 11) is -0.254. The molecule has 0 aromatic heterocycles. The predicted octanol–water partition coefficient (Wildman–Crippen LogP) is 3.19. The van der Waals surface area contributed by atoms with Crippen molar-refractivity contribution in [2.45, 2.75) is 64.6 Å². The number of hydrogen-bond donors (Lipinski definition) is 0. The topological polar surface area (TPSA) is 21.7 Å². The maximum Gasteiger partial charge on any atom is 0.494 e. The van der Waals surface area contributed by atoms with Crippen LogP contribution in [-0.4, -0.2) is 42.9 Å². The summed E-state index contributed by atoms with van der Waals surface area (Å²) in [5, 5.41) is 0. The predicted molar refractivity (Wildman–Crippen MR) is 96.2 cm³/mol. The Morgan fingerprint density at radius 2 is 1.52 bits per heavy atom. The van der Waals surface area contributed by atoms with E-state index in [1.165, 1.54) is 38.0 Å². The minimum absolute atomic E-state index is 0.254. The van der Waals surface area contributed by atoms with Crippen molar-refractivity contribution in [3.05, 3.63) is 29.8 Å². The second kappa shape index (κ2) is 6.23. The molecule has 2 fully saturated rings. The molecular weight excluding hydrogens is 285 g/mol. The van der Waals surface area contributed by atoms with Crippen molar-refractivity contribution in [1.82, 2.24) is 4.90 Å². The number of piperidine rings is 1. The molecule has 0 bridgehead atoms. The normalized spacial score (nSPS) is 25.0. The molecule has 23 heavy (non-hydrogen) atoms. The Morgan fingerprint density at radius 3 is 2.00 bits per heavy atom. The first kappa shape index (κ1) is 17.0. The number of rotatable bonds is 3. The Kier molecular flexibility index (Phi) is 4.61. The summed E-state index contributed by atoms with van der Waals surface area (Å²) in [5.74, 6) is 0.699. The van der Waals surface area contributed by atoms with Gasteiger partial charge in [0.05, 0.1) is 11.2 Å². The molecule has 0 radical (unpaired) electrons. The van der Waals surface area contributed by atoms with E-state index in [-0.39, 0.29) is 18.3 Å². The van der Waals surface area contributed by atoms with Crippen LogP contribution in [0.25, 0.3) is 0 Å². The fourth-order valence-corrected chi connectivity index (χ4v) is 3.49. The van der Waals surface area contributed by atoms with E-state index in [4.69, 9.17) is 9.31 Å². The third-order valence-electron chi connectivity index (χ3n) is 5.97. The Labute approximate surface area is 141 Å². The van der Waals surface area contributed by atoms with Crippen LogP contribution in [0.2, 0.25) is 0 Å². The van der Waals surface area contributed by atoms with Gasteiger partial charge in [0.25, 0.3) is 0 Å². The lowest BCUT2D eigenvalue weighted by molar-refractivity contribution is 0.00578. The first-order valence-electron chi connectivity index (χ1n) is 9.00. The van der Waals surface area contributed by atoms with Crippen LogP contribution in [0.5, 0.6) is 0 Å². The summed E-state index contributed by atoms with van der Waals surface area (Å²) >= 11 is 0. The lowest BCUT2D eigenvalue weighted by atomic mass is 9.77. The molecule has 0 aliphatic carbocycles. The van der Waals surface area contributed by atoms with Gasteiger partial charge in [0.15, 0.2) is 0 Å². The smallest absolute Gasteiger partial charge is 0.399 e. The molecule has 3 rings (SSSR count). The molecule has 0 saturated carbocycles. The highest BCUT2D eigenvalue weighted by Gasteiger charge is 2.51. The monoisotopic (exact) mass is 315 g/mol. The van der Waals surface area contributed by atoms with Crippen molar-refractivity contribution in [2.75, 3.05) is 19.6 Å². The highest BCUT2D eigenvalue weighted by molar-refractivity contribution is 6.62. The zero-order valence-corrected chi connectivity index (χ0v) is 15.3. The highest BCUT2D eigenvalue weighted by atomic mass is 16.7. The molecular formula is C19H30BNO2. The van der Waals surface area contributed by atoms with Crippen LogP contribution in [-0.2, 0) is 9.31 Å². The van der Waals surface area contributed by atoms with Crippen molar-refractivity contribution in [3.63, 3.8) is 0 Å². The van der Waals surface area contributed by atoms with Gasteiger partial charge in [-0.05, 0) is 77.1 Å². The van der Waals surface area contributed by atoms with Crippen LogP contribution in [0.15, 0.2) is 24.3 Å². The summed E-state index contributed by atoms with van der Waals surface area (Å²) in [4.78, 5) is 2.54. The van der Waals surface area contributed by atoms with Crippen LogP contribution in [0, 0.1) is 0 Å². The van der Waals surface area contributed by atoms with Crippen molar-refractivity contribution in [3.8, 4) is 0 Å². The molecule has 126 valence electrons. The number of nitrogens with zero attached hydrogens (tertiary/aromatic N) is 1. The highest BCUT2D eigenvalue weighted by Crippen LogP contribution is 2.36. The lowest BCUT2D eigenvalue weighted by Crippen LogP contribution is -2.41. The van der Waals surface area contributed by atoms with Gasteiger partial charge in [-0.25, -0.2) is 0 Å². The summed E-state index contributed by atoms with van der Waals surface area (Å²) in [5.41, 5.74) is 2.03. The van der Waals surface area contributed by atoms with Crippen LogP contribution in [0.1, 0.15) is 58.9 Å². The summed E-state index contributed by atoms with van der Waals surface area (Å²) < 4.78 is 12.3. The maximum absolute atomic E-state index is 6.14. The molecule has 1 aromatic rings. The quantitative estimate of drug-likeness (QED) is 0.800. The molecule has 0 unspecified atom stereocenters. The van der Waals surface area contributed by atoms with Crippen LogP contribution in [0.3, 0.4) is 0 Å². The van der Waals surface area contributed by atoms with Crippen LogP contribution >= 0.6 is 0 Å². The van der Waals surface area contributed by atoms with E-state index < -0.39 is 0 Å². The van der Waals surface area contributed by atoms with Gasteiger partial charge in [-0.1, -0.05) is 31.2 Å². The molecule has 2 heterocycles. The fourth-order valence-electron chi connectivity index (χ4n) is 3.49. The third-order valence-corrected chi connectivity index (χ3v) is 5.97. The van der Waals surface area contributed by atoms with Crippen molar-refractivity contribution in [2.24, 2.45) is 0 Å². The standard InChI is InChI=1S/C19H30BNO2/c1-6-21-13-11-16(12-14-21)15-7-9-17(10-8-15)20-22-18(2,3)19(4,5)23-20/h7-10,16H,6,11-14H2,1-5H3. The molecule has 2 aliphatic heterocycles. The zero-order chi connectivity index (χ0) is 16.7. The molecule has 2 saturated heterocycles. The van der Waals surface area contributed by atoms with Crippen LogP contribution < -0.4 is 5.46 Å². The molecule has 3 nitrogen and oxygen atoms in total. The number of benzene rings is 1. The summed E-state index contributed by atoms with van der Waals surface area (Å²) in [6.45, 7) is 14.3. The lowest BCUT2D eigenvalue weighted by Gasteiger charge is -2.32. The minimum Gasteiger partial charge on any atom is -0.399 e. The third kappa shape index (κ3) is 3.35. The average Bonchev–Trinajstić information content (AvgIpc) is 2.76. The van der Waals surface area contributed by atoms with Gasteiger partial charge in [-0.2, -0.15) is 0 Å². The SMILES string of the molecule is CCN1CCC(c2ccc(B3OC(C)(C)C(C)(C)O3)cc2)CC1. The number of likely N-dealkylation sites (tertiary alicyclic amines) is 1. The zero-order valence-electron chi connectivity index (χ0n) is 15.3. The number of hydrogen-bond acceptors (Lipinski definition) is 3. The van der Waals surface area contributed by atoms with Crippen molar-refractivity contribution < 1.29 is 9.31 Å². The molecule has 4 heteroatoms. The molecule has 2 aliphatic rings. The van der Waals surface area contributed by atoms with Gasteiger partial charge in [0.2, 0.25) is 0 Å². The average molecular weight is 315 g/mol. The summed E-state index contributed by atoms with van der Waals surface area (Å²) in [6, 6.07) is 8.91. The molecule has 1 aromatic carbocycles. The van der Waals surface area contributed by atoms with E-state index in [2.05, 4.69) is 63.8 Å². The molecule has 0 spiro atoms. The van der Waals surface area contributed by atoms with Gasteiger partial charge in [0, 0.05) is 0 Å². The van der Waals surface area contributed by atoms with Gasteiger partial charge < -0.3 is 14.2 Å². The second-order valence-electron chi connectivity index (χ2n) is 7.96. The first-order chi connectivity index (χ1) is 10.8. The molecule has 0 N–H and O–H groups in total. The molecule has 0 amide bonds. The summed E-state index contributed by atoms with van der Waals surface area (Å²) in [6.07, 6.45) is 2.54. The van der Waals surface area contributed by atoms with Gasteiger partial charge in [-0.3, -0.25) is 0 Å². The van der Waals surface area contributed by atoms with Crippen molar-refractivity contribution >= 4 is 12.6 Å². The Hall–Kier alpha value is -0.835. The Balaban J connectivity index is 1.67. The van der Waals surface area contributed by atoms with E-state index >= 15 is 0 Å². The minimum atomic E-state index is -0.274. The van der Waals surface area contributed by atoms with E-state index in [0.29, 0.717) is 5.92 Å². The van der Waals surface area contributed by atoms with E-state index in [1.54, 1.807) is 0 Å². The van der Waals surface area contributed by atoms with Gasteiger partial charge >= 0.3 is 7.12 Å². The largest absolute Gasteiger partial charge is 0.494 e. The Bertz CT molecular complexity index is 517. The van der Waals surface area contributed by atoms with Gasteiger partial charge in [-0.15, -0.1) is 0 Å².